The molecule has 0 radical (unpaired) electrons. The Morgan fingerprint density at radius 3 is 2.47 bits per heavy atom. The number of fused-ring (bicyclic) bond motifs is 1. The highest BCUT2D eigenvalue weighted by molar-refractivity contribution is 6.33. The summed E-state index contributed by atoms with van der Waals surface area (Å²) in [5, 5.41) is 22.5. The first-order valence-corrected chi connectivity index (χ1v) is 16.2. The highest BCUT2D eigenvalue weighted by Gasteiger charge is 2.43. The summed E-state index contributed by atoms with van der Waals surface area (Å²) in [6, 6.07) is 25.5. The number of rotatable bonds is 10. The molecular weight excluding hydrogens is 588 g/mol. The first-order valence-electron chi connectivity index (χ1n) is 15.8. The number of halogens is 1. The van der Waals surface area contributed by atoms with Crippen molar-refractivity contribution in [1.29, 1.82) is 0 Å². The minimum Gasteiger partial charge on any atom is -0.487 e. The molecule has 1 amide bonds. The van der Waals surface area contributed by atoms with Gasteiger partial charge in [-0.05, 0) is 67.9 Å². The third-order valence-electron chi connectivity index (χ3n) is 9.03. The quantitative estimate of drug-likeness (QED) is 0.212. The highest BCUT2D eigenvalue weighted by atomic mass is 35.5. The van der Waals surface area contributed by atoms with E-state index >= 15 is 0 Å². The number of benzene rings is 3. The van der Waals surface area contributed by atoms with Crippen LogP contribution in [0.25, 0.3) is 5.69 Å². The second-order valence-electron chi connectivity index (χ2n) is 12.1. The number of aromatic nitrogens is 2. The van der Waals surface area contributed by atoms with Crippen molar-refractivity contribution < 1.29 is 14.6 Å². The number of para-hydroxylation sites is 1. The zero-order valence-corrected chi connectivity index (χ0v) is 26.2. The van der Waals surface area contributed by atoms with Crippen LogP contribution in [0, 0.1) is 0 Å². The highest BCUT2D eigenvalue weighted by Crippen LogP contribution is 2.47. The average molecular weight is 627 g/mol. The van der Waals surface area contributed by atoms with Gasteiger partial charge in [0.15, 0.2) is 5.69 Å². The Labute approximate surface area is 268 Å². The number of aliphatic hydroxyl groups excluding tert-OH is 1. The lowest BCUT2D eigenvalue weighted by molar-refractivity contribution is 0.0326. The van der Waals surface area contributed by atoms with Crippen molar-refractivity contribution in [1.82, 2.24) is 20.4 Å². The molecule has 0 bridgehead atoms. The van der Waals surface area contributed by atoms with E-state index in [-0.39, 0.29) is 28.9 Å². The van der Waals surface area contributed by atoms with Gasteiger partial charge in [-0.3, -0.25) is 9.59 Å². The van der Waals surface area contributed by atoms with Crippen molar-refractivity contribution >= 4 is 17.5 Å². The van der Waals surface area contributed by atoms with Crippen molar-refractivity contribution in [2.24, 2.45) is 0 Å². The van der Waals surface area contributed by atoms with Gasteiger partial charge in [0.1, 0.15) is 11.4 Å². The molecule has 8 nitrogen and oxygen atoms in total. The Morgan fingerprint density at radius 2 is 1.76 bits per heavy atom. The molecule has 3 atom stereocenters. The van der Waals surface area contributed by atoms with Gasteiger partial charge in [-0.25, -0.2) is 0 Å². The topological polar surface area (TPSA) is 105 Å². The number of nitrogens with zero attached hydrogens (tertiary/aromatic N) is 2. The Morgan fingerprint density at radius 1 is 1.04 bits per heavy atom. The van der Waals surface area contributed by atoms with E-state index in [1.54, 1.807) is 24.3 Å². The molecule has 3 aromatic carbocycles. The summed E-state index contributed by atoms with van der Waals surface area (Å²) >= 11 is 6.38. The summed E-state index contributed by atoms with van der Waals surface area (Å²) in [5.41, 5.74) is 3.10. The van der Waals surface area contributed by atoms with Gasteiger partial charge in [-0.1, -0.05) is 79.2 Å². The molecule has 1 spiro atoms. The number of nitrogens with one attached hydrogen (secondary N) is 2. The third-order valence-corrected chi connectivity index (χ3v) is 9.32. The van der Waals surface area contributed by atoms with Crippen LogP contribution in [-0.2, 0) is 12.8 Å². The molecule has 1 aliphatic heterocycles. The molecule has 1 aliphatic carbocycles. The molecule has 3 N–H and O–H groups in total. The second-order valence-corrected chi connectivity index (χ2v) is 12.6. The summed E-state index contributed by atoms with van der Waals surface area (Å²) in [6.07, 6.45) is 5.55. The van der Waals surface area contributed by atoms with E-state index < -0.39 is 23.6 Å². The first-order chi connectivity index (χ1) is 21.8. The molecule has 2 aliphatic rings. The summed E-state index contributed by atoms with van der Waals surface area (Å²) < 4.78 is 7.75. The largest absolute Gasteiger partial charge is 0.487 e. The normalized spacial score (nSPS) is 18.2. The van der Waals surface area contributed by atoms with Crippen molar-refractivity contribution in [2.45, 2.75) is 75.7 Å². The number of hydrogen-bond acceptors (Lipinski definition) is 6. The fraction of sp³-hybridized carbons (Fsp3) is 0.361. The van der Waals surface area contributed by atoms with Gasteiger partial charge in [0.05, 0.1) is 22.9 Å². The van der Waals surface area contributed by atoms with Gasteiger partial charge in [0.25, 0.3) is 11.5 Å². The third kappa shape index (κ3) is 6.98. The minimum atomic E-state index is -0.937. The van der Waals surface area contributed by atoms with Crippen LogP contribution < -0.4 is 20.9 Å². The first kappa shape index (κ1) is 31.0. The van der Waals surface area contributed by atoms with Gasteiger partial charge in [-0.2, -0.15) is 9.78 Å². The Kier molecular flexibility index (Phi) is 9.35. The van der Waals surface area contributed by atoms with E-state index in [0.29, 0.717) is 12.1 Å². The van der Waals surface area contributed by atoms with Gasteiger partial charge in [0, 0.05) is 30.6 Å². The molecule has 234 valence electrons. The smallest absolute Gasteiger partial charge is 0.273 e. The molecule has 1 saturated carbocycles. The SMILES string of the molecule is CCc1ccc2c(c1)[C@@H](NC[C@@H](O)[C@H](Cc1ccccc1)NC(=O)c1nn(-c3ccccc3)c(=O)cc1Cl)CC1(CCCC1)O2. The van der Waals surface area contributed by atoms with Crippen molar-refractivity contribution in [3.05, 3.63) is 123 Å². The number of carbonyl (C=O) groups is 1. The number of amides is 1. The molecule has 9 heteroatoms. The predicted molar refractivity (Wildman–Crippen MR) is 175 cm³/mol. The van der Waals surface area contributed by atoms with Crippen LogP contribution in [0.1, 0.15) is 72.2 Å². The summed E-state index contributed by atoms with van der Waals surface area (Å²) in [7, 11) is 0. The standard InChI is InChI=1S/C36H39ClN4O4/c1-2-24-15-16-32-27(19-24)30(22-36(45-32)17-9-10-18-36)38-23-31(42)29(20-25-11-5-3-6-12-25)39-35(44)34-28(37)21-33(43)41(40-34)26-13-7-4-8-14-26/h3-8,11-16,19,21,29-31,38,42H,2,9-10,17-18,20,22-23H2,1H3,(H,39,44)/t29-,30-,31+/m0/s1. The lowest BCUT2D eigenvalue weighted by Crippen LogP contribution is -2.50. The Balaban J connectivity index is 1.24. The fourth-order valence-electron chi connectivity index (χ4n) is 6.58. The van der Waals surface area contributed by atoms with E-state index in [0.717, 1.165) is 60.1 Å². The molecule has 0 unspecified atom stereocenters. The zero-order valence-electron chi connectivity index (χ0n) is 25.4. The maximum Gasteiger partial charge on any atom is 0.273 e. The number of aryl methyl sites for hydroxylation is 1. The molecule has 2 heterocycles. The van der Waals surface area contributed by atoms with E-state index in [9.17, 15) is 14.7 Å². The van der Waals surface area contributed by atoms with Crippen LogP contribution in [0.2, 0.25) is 5.02 Å². The Bertz CT molecular complexity index is 1690. The van der Waals surface area contributed by atoms with Crippen LogP contribution in [0.3, 0.4) is 0 Å². The molecule has 4 aromatic rings. The molecular formula is C36H39ClN4O4. The minimum absolute atomic E-state index is 0.00613. The maximum atomic E-state index is 13.7. The van der Waals surface area contributed by atoms with Crippen LogP contribution in [-0.4, -0.2) is 45.1 Å². The molecule has 45 heavy (non-hydrogen) atoms. The number of carbonyl (C=O) groups excluding carboxylic acids is 1. The molecule has 1 fully saturated rings. The molecule has 6 rings (SSSR count). The number of ether oxygens (including phenoxy) is 1. The summed E-state index contributed by atoms with van der Waals surface area (Å²) in [6.45, 7) is 2.39. The van der Waals surface area contributed by atoms with Crippen LogP contribution in [0.5, 0.6) is 5.75 Å². The fourth-order valence-corrected chi connectivity index (χ4v) is 6.80. The average Bonchev–Trinajstić information content (AvgIpc) is 3.50. The number of aliphatic hydroxyl groups is 1. The van der Waals surface area contributed by atoms with Gasteiger partial charge in [0.2, 0.25) is 0 Å². The van der Waals surface area contributed by atoms with E-state index in [2.05, 4.69) is 40.9 Å². The lowest BCUT2D eigenvalue weighted by atomic mass is 9.85. The van der Waals surface area contributed by atoms with Gasteiger partial charge < -0.3 is 20.5 Å². The van der Waals surface area contributed by atoms with E-state index in [1.807, 2.05) is 36.4 Å². The zero-order chi connectivity index (χ0) is 31.4. The van der Waals surface area contributed by atoms with Crippen LogP contribution >= 0.6 is 11.6 Å². The van der Waals surface area contributed by atoms with E-state index in [1.165, 1.54) is 11.6 Å². The lowest BCUT2D eigenvalue weighted by Gasteiger charge is -2.41. The maximum absolute atomic E-state index is 13.7. The van der Waals surface area contributed by atoms with Crippen molar-refractivity contribution in [3.63, 3.8) is 0 Å². The molecule has 1 aromatic heterocycles. The summed E-state index contributed by atoms with van der Waals surface area (Å²) in [5.74, 6) is 0.342. The monoisotopic (exact) mass is 626 g/mol. The second kappa shape index (κ2) is 13.6. The summed E-state index contributed by atoms with van der Waals surface area (Å²) in [4.78, 5) is 26.3. The Hall–Kier alpha value is -3.98. The van der Waals surface area contributed by atoms with Gasteiger partial charge >= 0.3 is 0 Å². The van der Waals surface area contributed by atoms with Crippen molar-refractivity contribution in [2.75, 3.05) is 6.54 Å². The van der Waals surface area contributed by atoms with E-state index in [4.69, 9.17) is 16.3 Å². The van der Waals surface area contributed by atoms with Crippen LogP contribution in [0.4, 0.5) is 0 Å². The molecule has 0 saturated heterocycles. The number of hydrogen-bond donors (Lipinski definition) is 3. The predicted octanol–water partition coefficient (Wildman–Crippen LogP) is 5.58. The van der Waals surface area contributed by atoms with Crippen molar-refractivity contribution in [3.8, 4) is 11.4 Å². The van der Waals surface area contributed by atoms with Crippen LogP contribution in [0.15, 0.2) is 89.7 Å². The van der Waals surface area contributed by atoms with Gasteiger partial charge in [-0.15, -0.1) is 0 Å².